The number of rotatable bonds is 2. The number of nitrogens with zero attached hydrogens (tertiary/aromatic N) is 2. The molecular weight excluding hydrogens is 200 g/mol. The van der Waals surface area contributed by atoms with Crippen LogP contribution in [-0.4, -0.2) is 23.1 Å². The molecule has 74 valence electrons. The topological polar surface area (TPSA) is 46.4 Å². The molecule has 0 aliphatic carbocycles. The molecule has 0 unspecified atom stereocenters. The molecule has 0 N–H and O–H groups in total. The molecule has 1 aliphatic heterocycles. The summed E-state index contributed by atoms with van der Waals surface area (Å²) in [5, 5.41) is 10.8. The first-order chi connectivity index (χ1) is 6.79. The van der Waals surface area contributed by atoms with Crippen LogP contribution in [-0.2, 0) is 0 Å². The largest absolute Gasteiger partial charge is 0.356 e. The summed E-state index contributed by atoms with van der Waals surface area (Å²) in [6.07, 6.45) is 0. The van der Waals surface area contributed by atoms with Crippen LogP contribution in [0.15, 0.2) is 24.3 Å². The SMILES string of the molecule is O=[N+]([O-])c1ccccc1N1CCSC1. The summed E-state index contributed by atoms with van der Waals surface area (Å²) in [5.74, 6) is 1.90. The van der Waals surface area contributed by atoms with Crippen LogP contribution in [0.2, 0.25) is 0 Å². The van der Waals surface area contributed by atoms with E-state index >= 15 is 0 Å². The Labute approximate surface area is 86.1 Å². The molecule has 5 heteroatoms. The molecule has 0 aromatic heterocycles. The average Bonchev–Trinajstić information content (AvgIpc) is 2.70. The second kappa shape index (κ2) is 3.88. The predicted octanol–water partition coefficient (Wildman–Crippen LogP) is 2.11. The van der Waals surface area contributed by atoms with Crippen molar-refractivity contribution in [2.24, 2.45) is 0 Å². The number of para-hydroxylation sites is 2. The van der Waals surface area contributed by atoms with E-state index in [1.807, 2.05) is 17.0 Å². The highest BCUT2D eigenvalue weighted by Gasteiger charge is 2.21. The van der Waals surface area contributed by atoms with Crippen molar-refractivity contribution >= 4 is 23.1 Å². The van der Waals surface area contributed by atoms with Gasteiger partial charge >= 0.3 is 0 Å². The smallest absolute Gasteiger partial charge is 0.292 e. The summed E-state index contributed by atoms with van der Waals surface area (Å²) in [5.41, 5.74) is 0.942. The number of benzene rings is 1. The zero-order valence-corrected chi connectivity index (χ0v) is 8.37. The van der Waals surface area contributed by atoms with Crippen LogP contribution < -0.4 is 4.90 Å². The van der Waals surface area contributed by atoms with Crippen LogP contribution in [0.4, 0.5) is 11.4 Å². The lowest BCUT2D eigenvalue weighted by Crippen LogP contribution is -2.19. The molecule has 0 amide bonds. The number of hydrogen-bond acceptors (Lipinski definition) is 4. The molecule has 0 saturated carbocycles. The number of anilines is 1. The minimum absolute atomic E-state index is 0.204. The van der Waals surface area contributed by atoms with E-state index < -0.39 is 0 Å². The molecule has 1 aromatic rings. The van der Waals surface area contributed by atoms with Crippen LogP contribution in [0.25, 0.3) is 0 Å². The summed E-state index contributed by atoms with van der Waals surface area (Å²) < 4.78 is 0. The van der Waals surface area contributed by atoms with Gasteiger partial charge in [0.1, 0.15) is 5.69 Å². The monoisotopic (exact) mass is 210 g/mol. The highest BCUT2D eigenvalue weighted by Crippen LogP contribution is 2.31. The van der Waals surface area contributed by atoms with Gasteiger partial charge in [-0.3, -0.25) is 10.1 Å². The van der Waals surface area contributed by atoms with Gasteiger partial charge in [0.2, 0.25) is 0 Å². The summed E-state index contributed by atoms with van der Waals surface area (Å²) in [7, 11) is 0. The minimum atomic E-state index is -0.321. The Morgan fingerprint density at radius 3 is 2.86 bits per heavy atom. The third-order valence-corrected chi connectivity index (χ3v) is 3.14. The van der Waals surface area contributed by atoms with Gasteiger partial charge in [0.05, 0.1) is 10.8 Å². The van der Waals surface area contributed by atoms with Gasteiger partial charge in [-0.05, 0) is 6.07 Å². The first-order valence-electron chi connectivity index (χ1n) is 4.35. The van der Waals surface area contributed by atoms with Crippen molar-refractivity contribution in [3.05, 3.63) is 34.4 Å². The molecule has 1 fully saturated rings. The Morgan fingerprint density at radius 2 is 2.21 bits per heavy atom. The number of nitro groups is 1. The Hall–Kier alpha value is -1.23. The second-order valence-electron chi connectivity index (χ2n) is 3.05. The van der Waals surface area contributed by atoms with E-state index in [1.165, 1.54) is 0 Å². The van der Waals surface area contributed by atoms with Crippen molar-refractivity contribution in [1.82, 2.24) is 0 Å². The fourth-order valence-corrected chi connectivity index (χ4v) is 2.46. The Bertz CT molecular complexity index is 350. The van der Waals surface area contributed by atoms with Crippen molar-refractivity contribution in [2.75, 3.05) is 23.1 Å². The lowest BCUT2D eigenvalue weighted by Gasteiger charge is -2.15. The summed E-state index contributed by atoms with van der Waals surface area (Å²) in [4.78, 5) is 12.5. The Balaban J connectivity index is 2.35. The lowest BCUT2D eigenvalue weighted by molar-refractivity contribution is -0.384. The Kier molecular flexibility index (Phi) is 2.58. The van der Waals surface area contributed by atoms with Gasteiger partial charge in [0, 0.05) is 18.4 Å². The normalized spacial score (nSPS) is 15.9. The quantitative estimate of drug-likeness (QED) is 0.554. The van der Waals surface area contributed by atoms with E-state index in [2.05, 4.69) is 0 Å². The maximum atomic E-state index is 10.8. The minimum Gasteiger partial charge on any atom is -0.356 e. The average molecular weight is 210 g/mol. The van der Waals surface area contributed by atoms with Crippen LogP contribution in [0, 0.1) is 10.1 Å². The second-order valence-corrected chi connectivity index (χ2v) is 4.12. The maximum Gasteiger partial charge on any atom is 0.292 e. The van der Waals surface area contributed by atoms with Crippen molar-refractivity contribution in [2.45, 2.75) is 0 Å². The molecule has 14 heavy (non-hydrogen) atoms. The molecule has 0 atom stereocenters. The van der Waals surface area contributed by atoms with E-state index in [-0.39, 0.29) is 10.6 Å². The highest BCUT2D eigenvalue weighted by atomic mass is 32.2. The van der Waals surface area contributed by atoms with Crippen LogP contribution in [0.5, 0.6) is 0 Å². The fraction of sp³-hybridized carbons (Fsp3) is 0.333. The first kappa shape index (κ1) is 9.33. The first-order valence-corrected chi connectivity index (χ1v) is 5.50. The number of thioether (sulfide) groups is 1. The molecule has 1 saturated heterocycles. The maximum absolute atomic E-state index is 10.8. The van der Waals surface area contributed by atoms with E-state index in [1.54, 1.807) is 23.9 Å². The molecule has 0 radical (unpaired) electrons. The number of hydrogen-bond donors (Lipinski definition) is 0. The van der Waals surface area contributed by atoms with Crippen LogP contribution in [0.3, 0.4) is 0 Å². The predicted molar refractivity (Wildman–Crippen MR) is 57.8 cm³/mol. The van der Waals surface area contributed by atoms with Gasteiger partial charge < -0.3 is 4.90 Å². The molecule has 0 bridgehead atoms. The molecule has 1 aliphatic rings. The molecule has 1 aromatic carbocycles. The third kappa shape index (κ3) is 1.68. The molecule has 4 nitrogen and oxygen atoms in total. The van der Waals surface area contributed by atoms with Crippen LogP contribution >= 0.6 is 11.8 Å². The zero-order chi connectivity index (χ0) is 9.97. The Morgan fingerprint density at radius 1 is 1.43 bits per heavy atom. The fourth-order valence-electron chi connectivity index (χ4n) is 1.49. The zero-order valence-electron chi connectivity index (χ0n) is 7.55. The van der Waals surface area contributed by atoms with E-state index in [0.717, 1.165) is 23.9 Å². The van der Waals surface area contributed by atoms with Gasteiger partial charge in [-0.25, -0.2) is 0 Å². The van der Waals surface area contributed by atoms with Gasteiger partial charge in [-0.15, -0.1) is 11.8 Å². The van der Waals surface area contributed by atoms with Crippen molar-refractivity contribution in [1.29, 1.82) is 0 Å². The number of nitro benzene ring substituents is 1. The van der Waals surface area contributed by atoms with E-state index in [4.69, 9.17) is 0 Å². The van der Waals surface area contributed by atoms with Gasteiger partial charge in [-0.1, -0.05) is 12.1 Å². The lowest BCUT2D eigenvalue weighted by atomic mass is 10.2. The van der Waals surface area contributed by atoms with E-state index in [0.29, 0.717) is 0 Å². The van der Waals surface area contributed by atoms with Crippen molar-refractivity contribution in [3.63, 3.8) is 0 Å². The van der Waals surface area contributed by atoms with Crippen molar-refractivity contribution < 1.29 is 4.92 Å². The molecular formula is C9H10N2O2S. The van der Waals surface area contributed by atoms with Gasteiger partial charge in [0.25, 0.3) is 5.69 Å². The summed E-state index contributed by atoms with van der Waals surface area (Å²) in [6.45, 7) is 0.898. The van der Waals surface area contributed by atoms with Gasteiger partial charge in [0.15, 0.2) is 0 Å². The highest BCUT2D eigenvalue weighted by molar-refractivity contribution is 7.99. The van der Waals surface area contributed by atoms with E-state index in [9.17, 15) is 10.1 Å². The molecule has 2 rings (SSSR count). The summed E-state index contributed by atoms with van der Waals surface area (Å²) in [6, 6.07) is 6.90. The standard InChI is InChI=1S/C9H10N2O2S/c12-11(13)9-4-2-1-3-8(9)10-5-6-14-7-10/h1-4H,5-7H2. The van der Waals surface area contributed by atoms with Crippen LogP contribution in [0.1, 0.15) is 0 Å². The third-order valence-electron chi connectivity index (χ3n) is 2.17. The molecule has 1 heterocycles. The molecule has 0 spiro atoms. The van der Waals surface area contributed by atoms with Crippen molar-refractivity contribution in [3.8, 4) is 0 Å². The summed E-state index contributed by atoms with van der Waals surface area (Å²) >= 11 is 1.80. The van der Waals surface area contributed by atoms with Gasteiger partial charge in [-0.2, -0.15) is 0 Å².